The lowest BCUT2D eigenvalue weighted by atomic mass is 9.93. The number of methoxy groups -OCH3 is 1. The van der Waals surface area contributed by atoms with E-state index in [2.05, 4.69) is 26.8 Å². The molecule has 2 aromatic heterocycles. The third-order valence-electron chi connectivity index (χ3n) is 5.84. The largest absolute Gasteiger partial charge is 0.497 e. The molecule has 0 aliphatic heterocycles. The van der Waals surface area contributed by atoms with E-state index in [0.717, 1.165) is 39.0 Å². The molecule has 4 rings (SSSR count). The SMILES string of the molecule is CCCS(=O)(=O)NCC(C)(C)c1nc(-c2ccc3cc(OC)ccc3c2)c(-c2ccncc2)[nH]1. The van der Waals surface area contributed by atoms with E-state index >= 15 is 0 Å². The van der Waals surface area contributed by atoms with E-state index in [1.807, 2.05) is 57.2 Å². The fraction of sp³-hybridized carbons (Fsp3) is 0.308. The Morgan fingerprint density at radius 3 is 2.41 bits per heavy atom. The van der Waals surface area contributed by atoms with E-state index in [9.17, 15) is 8.42 Å². The number of nitrogens with zero attached hydrogens (tertiary/aromatic N) is 2. The first kappa shape index (κ1) is 23.9. The normalized spacial score (nSPS) is 12.2. The number of H-pyrrole nitrogens is 1. The first-order chi connectivity index (χ1) is 16.2. The van der Waals surface area contributed by atoms with Crippen molar-refractivity contribution < 1.29 is 13.2 Å². The topological polar surface area (TPSA) is 97.0 Å². The first-order valence-electron chi connectivity index (χ1n) is 11.3. The van der Waals surface area contributed by atoms with Crippen LogP contribution in [0.25, 0.3) is 33.3 Å². The third kappa shape index (κ3) is 5.13. The van der Waals surface area contributed by atoms with Crippen LogP contribution < -0.4 is 9.46 Å². The van der Waals surface area contributed by atoms with Crippen molar-refractivity contribution in [3.8, 4) is 28.3 Å². The van der Waals surface area contributed by atoms with Crippen molar-refractivity contribution >= 4 is 20.8 Å². The van der Waals surface area contributed by atoms with E-state index in [0.29, 0.717) is 12.2 Å². The summed E-state index contributed by atoms with van der Waals surface area (Å²) in [5.41, 5.74) is 3.05. The molecule has 0 saturated heterocycles. The molecule has 0 bridgehead atoms. The monoisotopic (exact) mass is 478 g/mol. The van der Waals surface area contributed by atoms with Gasteiger partial charge in [-0.25, -0.2) is 18.1 Å². The Hall–Kier alpha value is -3.23. The summed E-state index contributed by atoms with van der Waals surface area (Å²) in [6, 6.07) is 16.1. The van der Waals surface area contributed by atoms with Gasteiger partial charge >= 0.3 is 0 Å². The van der Waals surface area contributed by atoms with E-state index in [1.54, 1.807) is 19.5 Å². The van der Waals surface area contributed by atoms with Gasteiger partial charge in [0.15, 0.2) is 0 Å². The van der Waals surface area contributed by atoms with Gasteiger partial charge in [-0.2, -0.15) is 0 Å². The fourth-order valence-electron chi connectivity index (χ4n) is 3.84. The molecule has 0 spiro atoms. The molecule has 0 radical (unpaired) electrons. The summed E-state index contributed by atoms with van der Waals surface area (Å²) < 4.78 is 32.5. The van der Waals surface area contributed by atoms with Crippen LogP contribution in [-0.2, 0) is 15.4 Å². The highest BCUT2D eigenvalue weighted by atomic mass is 32.2. The number of benzene rings is 2. The van der Waals surface area contributed by atoms with Crippen LogP contribution in [0.5, 0.6) is 5.75 Å². The van der Waals surface area contributed by atoms with Gasteiger partial charge in [-0.15, -0.1) is 0 Å². The number of sulfonamides is 1. The lowest BCUT2D eigenvalue weighted by Crippen LogP contribution is -2.38. The lowest BCUT2D eigenvalue weighted by molar-refractivity contribution is 0.415. The second kappa shape index (κ2) is 9.56. The molecule has 8 heteroatoms. The molecule has 0 unspecified atom stereocenters. The van der Waals surface area contributed by atoms with Gasteiger partial charge in [0.2, 0.25) is 10.0 Å². The Kier molecular flexibility index (Phi) is 6.72. The van der Waals surface area contributed by atoms with Crippen molar-refractivity contribution in [1.82, 2.24) is 19.7 Å². The van der Waals surface area contributed by atoms with Gasteiger partial charge in [-0.3, -0.25) is 4.98 Å². The van der Waals surface area contributed by atoms with Crippen LogP contribution in [0.2, 0.25) is 0 Å². The smallest absolute Gasteiger partial charge is 0.211 e. The Bertz CT molecular complexity index is 1400. The van der Waals surface area contributed by atoms with Crippen LogP contribution in [0, 0.1) is 0 Å². The minimum absolute atomic E-state index is 0.108. The number of hydrogen-bond donors (Lipinski definition) is 2. The predicted octanol–water partition coefficient (Wildman–Crippen LogP) is 4.91. The van der Waals surface area contributed by atoms with Gasteiger partial charge in [-0.1, -0.05) is 39.0 Å². The zero-order chi connectivity index (χ0) is 24.3. The maximum absolute atomic E-state index is 12.2. The van der Waals surface area contributed by atoms with Crippen molar-refractivity contribution in [1.29, 1.82) is 0 Å². The molecule has 0 amide bonds. The van der Waals surface area contributed by atoms with Gasteiger partial charge in [0.1, 0.15) is 11.6 Å². The molecule has 4 aromatic rings. The zero-order valence-electron chi connectivity index (χ0n) is 19.9. The molecule has 2 aromatic carbocycles. The molecule has 2 N–H and O–H groups in total. The molecule has 34 heavy (non-hydrogen) atoms. The standard InChI is InChI=1S/C26H30N4O3S/c1-5-14-34(31,32)28-17-26(2,3)25-29-23(18-10-12-27-13-11-18)24(30-25)21-7-6-20-16-22(33-4)9-8-19(20)15-21/h6-13,15-16,28H,5,14,17H2,1-4H3,(H,29,30). The quantitative estimate of drug-likeness (QED) is 0.356. The van der Waals surface area contributed by atoms with Crippen LogP contribution in [0.4, 0.5) is 0 Å². The molecular weight excluding hydrogens is 448 g/mol. The van der Waals surface area contributed by atoms with Gasteiger partial charge in [0.25, 0.3) is 0 Å². The average Bonchev–Trinajstić information content (AvgIpc) is 3.29. The minimum Gasteiger partial charge on any atom is -0.497 e. The summed E-state index contributed by atoms with van der Waals surface area (Å²) in [4.78, 5) is 12.6. The van der Waals surface area contributed by atoms with Crippen molar-refractivity contribution in [3.05, 3.63) is 66.7 Å². The maximum Gasteiger partial charge on any atom is 0.211 e. The second-order valence-corrected chi connectivity index (χ2v) is 10.9. The van der Waals surface area contributed by atoms with Crippen molar-refractivity contribution in [2.24, 2.45) is 0 Å². The third-order valence-corrected chi connectivity index (χ3v) is 7.37. The zero-order valence-corrected chi connectivity index (χ0v) is 20.7. The van der Waals surface area contributed by atoms with E-state index in [-0.39, 0.29) is 12.3 Å². The van der Waals surface area contributed by atoms with E-state index in [1.165, 1.54) is 0 Å². The number of rotatable bonds is 9. The number of ether oxygens (including phenoxy) is 1. The highest BCUT2D eigenvalue weighted by Gasteiger charge is 2.28. The summed E-state index contributed by atoms with van der Waals surface area (Å²) in [7, 11) is -1.66. The highest BCUT2D eigenvalue weighted by molar-refractivity contribution is 7.89. The Balaban J connectivity index is 1.77. The molecule has 0 aliphatic carbocycles. The summed E-state index contributed by atoms with van der Waals surface area (Å²) in [6.45, 7) is 6.06. The van der Waals surface area contributed by atoms with Crippen molar-refractivity contribution in [2.75, 3.05) is 19.4 Å². The van der Waals surface area contributed by atoms with Crippen molar-refractivity contribution in [2.45, 2.75) is 32.6 Å². The van der Waals surface area contributed by atoms with Crippen molar-refractivity contribution in [3.63, 3.8) is 0 Å². The van der Waals surface area contributed by atoms with Crippen LogP contribution in [0.1, 0.15) is 33.0 Å². The van der Waals surface area contributed by atoms with Gasteiger partial charge < -0.3 is 9.72 Å². The average molecular weight is 479 g/mol. The molecular formula is C26H30N4O3S. The summed E-state index contributed by atoms with van der Waals surface area (Å²) in [5.74, 6) is 1.63. The predicted molar refractivity (Wildman–Crippen MR) is 136 cm³/mol. The number of pyridine rings is 1. The number of aromatic nitrogens is 3. The number of imidazole rings is 1. The van der Waals surface area contributed by atoms with E-state index < -0.39 is 15.4 Å². The fourth-order valence-corrected chi connectivity index (χ4v) is 5.11. The molecule has 0 fully saturated rings. The maximum atomic E-state index is 12.2. The number of aromatic amines is 1. The van der Waals surface area contributed by atoms with Crippen LogP contribution in [0.15, 0.2) is 60.9 Å². The summed E-state index contributed by atoms with van der Waals surface area (Å²) in [6.07, 6.45) is 4.06. The molecule has 178 valence electrons. The van der Waals surface area contributed by atoms with Gasteiger partial charge in [0, 0.05) is 35.5 Å². The lowest BCUT2D eigenvalue weighted by Gasteiger charge is -2.22. The molecule has 2 heterocycles. The summed E-state index contributed by atoms with van der Waals surface area (Å²) in [5, 5.41) is 2.16. The van der Waals surface area contributed by atoms with E-state index in [4.69, 9.17) is 9.72 Å². The van der Waals surface area contributed by atoms with Gasteiger partial charge in [0.05, 0.1) is 24.3 Å². The number of hydrogen-bond acceptors (Lipinski definition) is 5. The van der Waals surface area contributed by atoms with Gasteiger partial charge in [-0.05, 0) is 47.5 Å². The minimum atomic E-state index is -3.32. The van der Waals surface area contributed by atoms with Crippen LogP contribution in [0.3, 0.4) is 0 Å². The molecule has 0 atom stereocenters. The van der Waals surface area contributed by atoms with Crippen LogP contribution >= 0.6 is 0 Å². The Morgan fingerprint density at radius 1 is 1.00 bits per heavy atom. The Morgan fingerprint density at radius 2 is 1.71 bits per heavy atom. The summed E-state index contributed by atoms with van der Waals surface area (Å²) >= 11 is 0. The van der Waals surface area contributed by atoms with Crippen LogP contribution in [-0.4, -0.2) is 42.8 Å². The highest BCUT2D eigenvalue weighted by Crippen LogP contribution is 2.35. The second-order valence-electron chi connectivity index (χ2n) is 9.00. The molecule has 0 saturated carbocycles. The molecule has 7 nitrogen and oxygen atoms in total. The first-order valence-corrected chi connectivity index (χ1v) is 12.9. The number of fused-ring (bicyclic) bond motifs is 1. The number of nitrogens with one attached hydrogen (secondary N) is 2. The molecule has 0 aliphatic rings. The Labute approximate surface area is 200 Å².